The van der Waals surface area contributed by atoms with E-state index in [9.17, 15) is 0 Å². The van der Waals surface area contributed by atoms with Crippen molar-refractivity contribution in [3.63, 3.8) is 0 Å². The Morgan fingerprint density at radius 1 is 1.25 bits per heavy atom. The van der Waals surface area contributed by atoms with Crippen molar-refractivity contribution < 1.29 is 0 Å². The Kier molecular flexibility index (Phi) is 3.76. The van der Waals surface area contributed by atoms with Crippen LogP contribution < -0.4 is 10.6 Å². The van der Waals surface area contributed by atoms with Gasteiger partial charge in [-0.1, -0.05) is 32.0 Å². The topological polar surface area (TPSA) is 29.3 Å². The molecule has 2 nitrogen and oxygen atoms in total. The summed E-state index contributed by atoms with van der Waals surface area (Å²) in [7, 11) is 0. The van der Waals surface area contributed by atoms with Gasteiger partial charge in [0.25, 0.3) is 0 Å². The minimum atomic E-state index is 0.197. The Morgan fingerprint density at radius 3 is 2.80 bits per heavy atom. The van der Waals surface area contributed by atoms with Crippen LogP contribution >= 0.6 is 0 Å². The molecule has 1 aromatic rings. The maximum atomic E-state index is 6.29. The standard InChI is InChI=1S/C18H28N2/c1-14-9-10-18(13-19,12-15(14)2)20-11-5-7-16-6-3-4-8-17(16)20/h3-4,6,8,14-15H,5,7,9-13,19H2,1-2H3. The average Bonchev–Trinajstić information content (AvgIpc) is 2.50. The average molecular weight is 272 g/mol. The first kappa shape index (κ1) is 13.9. The zero-order valence-corrected chi connectivity index (χ0v) is 12.9. The Bertz CT molecular complexity index is 470. The van der Waals surface area contributed by atoms with Crippen LogP contribution in [0.4, 0.5) is 5.69 Å². The number of fused-ring (bicyclic) bond motifs is 1. The molecule has 0 spiro atoms. The van der Waals surface area contributed by atoms with E-state index in [1.807, 2.05) is 0 Å². The Morgan fingerprint density at radius 2 is 2.05 bits per heavy atom. The minimum absolute atomic E-state index is 0.197. The molecule has 20 heavy (non-hydrogen) atoms. The lowest BCUT2D eigenvalue weighted by Crippen LogP contribution is -2.58. The van der Waals surface area contributed by atoms with E-state index in [-0.39, 0.29) is 5.54 Å². The van der Waals surface area contributed by atoms with Crippen molar-refractivity contribution in [2.75, 3.05) is 18.0 Å². The number of nitrogens with two attached hydrogens (primary N) is 1. The molecule has 0 saturated heterocycles. The van der Waals surface area contributed by atoms with Crippen molar-refractivity contribution in [1.82, 2.24) is 0 Å². The third-order valence-electron chi connectivity index (χ3n) is 5.80. The predicted molar refractivity (Wildman–Crippen MR) is 86.1 cm³/mol. The van der Waals surface area contributed by atoms with Crippen molar-refractivity contribution in [1.29, 1.82) is 0 Å². The fourth-order valence-electron chi connectivity index (χ4n) is 4.25. The van der Waals surface area contributed by atoms with E-state index in [0.29, 0.717) is 0 Å². The summed E-state index contributed by atoms with van der Waals surface area (Å²) in [5.74, 6) is 1.62. The third-order valence-corrected chi connectivity index (χ3v) is 5.80. The minimum Gasteiger partial charge on any atom is -0.364 e. The molecule has 0 bridgehead atoms. The zero-order chi connectivity index (χ0) is 14.2. The van der Waals surface area contributed by atoms with Crippen molar-refractivity contribution in [3.05, 3.63) is 29.8 Å². The number of benzene rings is 1. The summed E-state index contributed by atoms with van der Waals surface area (Å²) in [6.45, 7) is 6.77. The second-order valence-corrected chi connectivity index (χ2v) is 7.01. The molecule has 1 fully saturated rings. The molecule has 0 radical (unpaired) electrons. The lowest BCUT2D eigenvalue weighted by molar-refractivity contribution is 0.169. The lowest BCUT2D eigenvalue weighted by atomic mass is 9.69. The largest absolute Gasteiger partial charge is 0.364 e. The van der Waals surface area contributed by atoms with Gasteiger partial charge in [0.1, 0.15) is 0 Å². The molecular weight excluding hydrogens is 244 g/mol. The molecule has 1 aliphatic carbocycles. The molecule has 3 rings (SSSR count). The molecule has 2 N–H and O–H groups in total. The molecule has 2 aliphatic rings. The first-order valence-electron chi connectivity index (χ1n) is 8.22. The van der Waals surface area contributed by atoms with E-state index < -0.39 is 0 Å². The van der Waals surface area contributed by atoms with Gasteiger partial charge < -0.3 is 10.6 Å². The SMILES string of the molecule is CC1CCC(CN)(N2CCCc3ccccc32)CC1C. The maximum Gasteiger partial charge on any atom is 0.0527 e. The number of anilines is 1. The van der Waals surface area contributed by atoms with Crippen molar-refractivity contribution >= 4 is 5.69 Å². The molecule has 2 heteroatoms. The quantitative estimate of drug-likeness (QED) is 0.891. The molecule has 3 atom stereocenters. The van der Waals surface area contributed by atoms with Gasteiger partial charge in [0, 0.05) is 18.8 Å². The van der Waals surface area contributed by atoms with Gasteiger partial charge in [-0.05, 0) is 55.6 Å². The number of para-hydroxylation sites is 1. The number of nitrogens with zero attached hydrogens (tertiary/aromatic N) is 1. The first-order valence-corrected chi connectivity index (χ1v) is 8.22. The van der Waals surface area contributed by atoms with Gasteiger partial charge in [0.05, 0.1) is 5.54 Å². The molecule has 1 heterocycles. The summed E-state index contributed by atoms with van der Waals surface area (Å²) >= 11 is 0. The van der Waals surface area contributed by atoms with Gasteiger partial charge in [-0.2, -0.15) is 0 Å². The monoisotopic (exact) mass is 272 g/mol. The molecule has 1 aromatic carbocycles. The highest BCUT2D eigenvalue weighted by Gasteiger charge is 2.42. The molecular formula is C18H28N2. The molecule has 110 valence electrons. The molecule has 0 aromatic heterocycles. The maximum absolute atomic E-state index is 6.29. The molecule has 3 unspecified atom stereocenters. The summed E-state index contributed by atoms with van der Waals surface area (Å²) in [5.41, 5.74) is 9.45. The van der Waals surface area contributed by atoms with E-state index in [1.165, 1.54) is 49.9 Å². The summed E-state index contributed by atoms with van der Waals surface area (Å²) in [6, 6.07) is 8.94. The van der Waals surface area contributed by atoms with E-state index in [1.54, 1.807) is 0 Å². The van der Waals surface area contributed by atoms with Crippen LogP contribution in [-0.4, -0.2) is 18.6 Å². The van der Waals surface area contributed by atoms with Crippen LogP contribution in [0.2, 0.25) is 0 Å². The van der Waals surface area contributed by atoms with Gasteiger partial charge in [-0.25, -0.2) is 0 Å². The molecule has 0 amide bonds. The van der Waals surface area contributed by atoms with Gasteiger partial charge in [-0.15, -0.1) is 0 Å². The van der Waals surface area contributed by atoms with Crippen LogP contribution in [0.15, 0.2) is 24.3 Å². The fraction of sp³-hybridized carbons (Fsp3) is 0.667. The summed E-state index contributed by atoms with van der Waals surface area (Å²) < 4.78 is 0. The van der Waals surface area contributed by atoms with E-state index in [4.69, 9.17) is 5.73 Å². The molecule has 1 saturated carbocycles. The van der Waals surface area contributed by atoms with Crippen LogP contribution in [0.3, 0.4) is 0 Å². The first-order chi connectivity index (χ1) is 9.66. The Hall–Kier alpha value is -1.02. The zero-order valence-electron chi connectivity index (χ0n) is 12.9. The van der Waals surface area contributed by atoms with E-state index in [0.717, 1.165) is 18.4 Å². The van der Waals surface area contributed by atoms with E-state index in [2.05, 4.69) is 43.0 Å². The summed E-state index contributed by atoms with van der Waals surface area (Å²) in [5, 5.41) is 0. The van der Waals surface area contributed by atoms with E-state index >= 15 is 0 Å². The lowest BCUT2D eigenvalue weighted by Gasteiger charge is -2.52. The second-order valence-electron chi connectivity index (χ2n) is 7.01. The van der Waals surface area contributed by atoms with Gasteiger partial charge in [0.2, 0.25) is 0 Å². The predicted octanol–water partition coefficient (Wildman–Crippen LogP) is 3.59. The number of hydrogen-bond acceptors (Lipinski definition) is 2. The number of rotatable bonds is 2. The highest BCUT2D eigenvalue weighted by molar-refractivity contribution is 5.57. The Labute approximate surface area is 123 Å². The third kappa shape index (κ3) is 2.24. The van der Waals surface area contributed by atoms with Crippen LogP contribution in [0.5, 0.6) is 0 Å². The smallest absolute Gasteiger partial charge is 0.0527 e. The van der Waals surface area contributed by atoms with Crippen LogP contribution in [0, 0.1) is 11.8 Å². The normalized spacial score (nSPS) is 33.9. The van der Waals surface area contributed by atoms with Crippen LogP contribution in [0.25, 0.3) is 0 Å². The van der Waals surface area contributed by atoms with Gasteiger partial charge in [-0.3, -0.25) is 0 Å². The van der Waals surface area contributed by atoms with Gasteiger partial charge in [0.15, 0.2) is 0 Å². The second kappa shape index (κ2) is 5.40. The highest BCUT2D eigenvalue weighted by Crippen LogP contribution is 2.43. The van der Waals surface area contributed by atoms with Crippen molar-refractivity contribution in [2.24, 2.45) is 17.6 Å². The van der Waals surface area contributed by atoms with Gasteiger partial charge >= 0.3 is 0 Å². The Balaban J connectivity index is 1.95. The number of aryl methyl sites for hydroxylation is 1. The van der Waals surface area contributed by atoms with Crippen LogP contribution in [0.1, 0.15) is 45.1 Å². The van der Waals surface area contributed by atoms with Crippen molar-refractivity contribution in [2.45, 2.75) is 51.5 Å². The highest BCUT2D eigenvalue weighted by atomic mass is 15.2. The number of hydrogen-bond donors (Lipinski definition) is 1. The summed E-state index contributed by atoms with van der Waals surface area (Å²) in [4.78, 5) is 2.66. The molecule has 1 aliphatic heterocycles. The fourth-order valence-corrected chi connectivity index (χ4v) is 4.25. The van der Waals surface area contributed by atoms with Crippen molar-refractivity contribution in [3.8, 4) is 0 Å². The summed E-state index contributed by atoms with van der Waals surface area (Å²) in [6.07, 6.45) is 6.31. The van der Waals surface area contributed by atoms with Crippen LogP contribution in [-0.2, 0) is 6.42 Å².